The van der Waals surface area contributed by atoms with Crippen LogP contribution in [-0.4, -0.2) is 38.7 Å². The minimum Gasteiger partial charge on any atom is -1.00 e. The van der Waals surface area contributed by atoms with Crippen LogP contribution in [0.2, 0.25) is 10.0 Å². The summed E-state index contributed by atoms with van der Waals surface area (Å²) in [6, 6.07) is 12.2. The molecule has 0 atom stereocenters. The van der Waals surface area contributed by atoms with E-state index in [1.54, 1.807) is 30.3 Å². The molecule has 150 valence electrons. The van der Waals surface area contributed by atoms with E-state index in [0.717, 1.165) is 5.56 Å². The summed E-state index contributed by atoms with van der Waals surface area (Å²) in [6.45, 7) is -0.0449. The molecule has 12 heteroatoms. The number of hydrogen-bond donors (Lipinski definition) is 3. The van der Waals surface area contributed by atoms with E-state index in [9.17, 15) is 14.6 Å². The molecule has 0 spiro atoms. The average molecular weight is 514 g/mol. The molecular weight excluding hydrogens is 494 g/mol. The molecule has 0 saturated heterocycles. The van der Waals surface area contributed by atoms with Crippen LogP contribution in [0.25, 0.3) is 0 Å². The van der Waals surface area contributed by atoms with E-state index in [-0.39, 0.29) is 112 Å². The molecule has 0 bridgehead atoms. The molecule has 0 aliphatic carbocycles. The number of rotatable bonds is 8. The molecule has 0 aliphatic heterocycles. The predicted octanol–water partition coefficient (Wildman–Crippen LogP) is -1.65. The molecule has 29 heavy (non-hydrogen) atoms. The molecule has 0 fully saturated rings. The number of nitrogens with zero attached hydrogens (tertiary/aromatic N) is 1. The summed E-state index contributed by atoms with van der Waals surface area (Å²) in [7, 11) is -4.50. The van der Waals surface area contributed by atoms with E-state index < -0.39 is 19.7 Å². The van der Waals surface area contributed by atoms with Crippen molar-refractivity contribution in [1.82, 2.24) is 5.06 Å². The first-order valence-electron chi connectivity index (χ1n) is 7.90. The van der Waals surface area contributed by atoms with Gasteiger partial charge in [0, 0.05) is 12.6 Å². The molecule has 2 aromatic carbocycles. The van der Waals surface area contributed by atoms with Crippen LogP contribution in [0, 0.1) is 0 Å². The van der Waals surface area contributed by atoms with Crippen molar-refractivity contribution in [3.63, 3.8) is 0 Å². The molecule has 0 saturated carbocycles. The SMILES string of the molecule is O=C(CP(=O)(O)O)N(O)CCCc1cccc(Oc2ccc(Cl)c(Cl)c2)c1.[H-].[H-].[K+].[K+]. The normalized spacial score (nSPS) is 10.5. The fourth-order valence-electron chi connectivity index (χ4n) is 2.26. The van der Waals surface area contributed by atoms with Crippen LogP contribution in [-0.2, 0) is 15.8 Å². The number of ether oxygens (including phenoxy) is 1. The fourth-order valence-corrected chi connectivity index (χ4v) is 3.06. The molecule has 0 unspecified atom stereocenters. The number of aryl methyl sites for hydroxylation is 1. The van der Waals surface area contributed by atoms with Gasteiger partial charge in [-0.15, -0.1) is 0 Å². The predicted molar refractivity (Wildman–Crippen MR) is 104 cm³/mol. The summed E-state index contributed by atoms with van der Waals surface area (Å²) in [5, 5.41) is 10.7. The first kappa shape index (κ1) is 30.7. The maximum Gasteiger partial charge on any atom is 1.00 e. The van der Waals surface area contributed by atoms with E-state index in [0.29, 0.717) is 39.4 Å². The van der Waals surface area contributed by atoms with Gasteiger partial charge in [0.2, 0.25) is 0 Å². The van der Waals surface area contributed by atoms with Crippen LogP contribution < -0.4 is 108 Å². The van der Waals surface area contributed by atoms with E-state index in [2.05, 4.69) is 0 Å². The largest absolute Gasteiger partial charge is 1.00 e. The van der Waals surface area contributed by atoms with Gasteiger partial charge >= 0.3 is 110 Å². The Morgan fingerprint density at radius 1 is 1.07 bits per heavy atom. The standard InChI is InChI=1S/C17H18Cl2NO6P.2K.2H/c18-15-7-6-14(10-16(15)19)26-13-5-1-3-12(9-13)4-2-8-20(22)17(21)11-27(23,24)25;;;;/h1,3,5-7,9-10,22H,2,4,8,11H2,(H2,23,24,25);;;;/q;2*+1;2*-1. The average Bonchev–Trinajstić information content (AvgIpc) is 2.57. The van der Waals surface area contributed by atoms with Crippen molar-refractivity contribution in [2.24, 2.45) is 0 Å². The summed E-state index contributed by atoms with van der Waals surface area (Å²) < 4.78 is 16.5. The number of carbonyl (C=O) groups excluding carboxylic acids is 1. The maximum absolute atomic E-state index is 11.5. The Morgan fingerprint density at radius 2 is 1.72 bits per heavy atom. The van der Waals surface area contributed by atoms with E-state index in [1.165, 1.54) is 0 Å². The van der Waals surface area contributed by atoms with Crippen LogP contribution in [0.3, 0.4) is 0 Å². The van der Waals surface area contributed by atoms with Crippen LogP contribution in [0.5, 0.6) is 11.5 Å². The quantitative estimate of drug-likeness (QED) is 0.169. The minimum atomic E-state index is -4.50. The van der Waals surface area contributed by atoms with Crippen LogP contribution >= 0.6 is 30.8 Å². The molecular formula is C17H20Cl2K2NO6P. The zero-order valence-corrected chi connectivity index (χ0v) is 24.7. The Morgan fingerprint density at radius 3 is 2.34 bits per heavy atom. The Kier molecular flexibility index (Phi) is 15.6. The molecule has 1 amide bonds. The molecule has 0 heterocycles. The van der Waals surface area contributed by atoms with E-state index in [1.807, 2.05) is 12.1 Å². The third-order valence-corrected chi connectivity index (χ3v) is 4.91. The summed E-state index contributed by atoms with van der Waals surface area (Å²) in [4.78, 5) is 28.9. The van der Waals surface area contributed by atoms with Crippen molar-refractivity contribution in [3.8, 4) is 11.5 Å². The van der Waals surface area contributed by atoms with E-state index >= 15 is 0 Å². The number of carbonyl (C=O) groups is 1. The van der Waals surface area contributed by atoms with Gasteiger partial charge in [0.1, 0.15) is 17.7 Å². The molecule has 2 rings (SSSR count). The van der Waals surface area contributed by atoms with Crippen molar-refractivity contribution < 1.29 is 135 Å². The number of halogens is 2. The molecule has 2 aromatic rings. The summed E-state index contributed by atoms with van der Waals surface area (Å²) >= 11 is 11.8. The Balaban J connectivity index is -0.00000196. The van der Waals surface area contributed by atoms with Gasteiger partial charge in [0.25, 0.3) is 5.91 Å². The Hall–Kier alpha value is 1.67. The van der Waals surface area contributed by atoms with Crippen molar-refractivity contribution in [3.05, 3.63) is 58.1 Å². The number of benzene rings is 2. The molecule has 0 aromatic heterocycles. The van der Waals surface area contributed by atoms with Crippen LogP contribution in [0.1, 0.15) is 14.8 Å². The Labute approximate surface area is 267 Å². The van der Waals surface area contributed by atoms with Crippen molar-refractivity contribution in [2.75, 3.05) is 12.7 Å². The van der Waals surface area contributed by atoms with Crippen molar-refractivity contribution in [1.29, 1.82) is 0 Å². The van der Waals surface area contributed by atoms with Gasteiger partial charge < -0.3 is 17.4 Å². The number of amides is 1. The monoisotopic (exact) mass is 513 g/mol. The number of hydrogen-bond acceptors (Lipinski definition) is 4. The van der Waals surface area contributed by atoms with Crippen LogP contribution in [0.15, 0.2) is 42.5 Å². The smallest absolute Gasteiger partial charge is 1.00 e. The summed E-state index contributed by atoms with van der Waals surface area (Å²) in [6.07, 6.45) is -0.0884. The van der Waals surface area contributed by atoms with E-state index in [4.69, 9.17) is 37.7 Å². The maximum atomic E-state index is 11.5. The van der Waals surface area contributed by atoms with Gasteiger partial charge in [0.15, 0.2) is 0 Å². The fraction of sp³-hybridized carbons (Fsp3) is 0.235. The zero-order valence-electron chi connectivity index (χ0n) is 18.1. The third-order valence-electron chi connectivity index (χ3n) is 3.49. The van der Waals surface area contributed by atoms with Crippen molar-refractivity contribution in [2.45, 2.75) is 12.8 Å². The Bertz CT molecular complexity index is 878. The first-order valence-corrected chi connectivity index (χ1v) is 10.4. The second-order valence-corrected chi connectivity index (χ2v) is 8.23. The summed E-state index contributed by atoms with van der Waals surface area (Å²) in [5.41, 5.74) is 0.906. The van der Waals surface area contributed by atoms with Gasteiger partial charge in [-0.3, -0.25) is 14.6 Å². The van der Waals surface area contributed by atoms with Gasteiger partial charge in [-0.2, -0.15) is 0 Å². The van der Waals surface area contributed by atoms with Gasteiger partial charge in [-0.1, -0.05) is 35.3 Å². The molecule has 0 radical (unpaired) electrons. The minimum absolute atomic E-state index is 0. The zero-order chi connectivity index (χ0) is 20.0. The molecule has 7 nitrogen and oxygen atoms in total. The molecule has 3 N–H and O–H groups in total. The second-order valence-electron chi connectivity index (χ2n) is 5.77. The van der Waals surface area contributed by atoms with Gasteiger partial charge in [0.05, 0.1) is 10.0 Å². The van der Waals surface area contributed by atoms with Gasteiger partial charge in [-0.25, -0.2) is 5.06 Å². The van der Waals surface area contributed by atoms with Crippen LogP contribution in [0.4, 0.5) is 0 Å². The van der Waals surface area contributed by atoms with Gasteiger partial charge in [-0.05, 0) is 42.7 Å². The topological polar surface area (TPSA) is 107 Å². The summed E-state index contributed by atoms with van der Waals surface area (Å²) in [5.74, 6) is 0.107. The van der Waals surface area contributed by atoms with Crippen molar-refractivity contribution >= 4 is 36.7 Å². The molecule has 0 aliphatic rings. The number of hydroxylamine groups is 2. The second kappa shape index (κ2) is 14.7. The third kappa shape index (κ3) is 11.9. The first-order chi connectivity index (χ1) is 12.6.